The Labute approximate surface area is 622 Å². The van der Waals surface area contributed by atoms with E-state index in [9.17, 15) is 39.0 Å². The van der Waals surface area contributed by atoms with Crippen LogP contribution < -0.4 is 44.6 Å². The highest BCUT2D eigenvalue weighted by molar-refractivity contribution is 5.92. The van der Waals surface area contributed by atoms with Crippen LogP contribution >= 0.6 is 0 Å². The first kappa shape index (κ1) is 83.3. The molecule has 2 fully saturated rings. The Bertz CT molecular complexity index is 3840. The molecule has 9 rings (SSSR count). The smallest absolute Gasteiger partial charge is 0.356 e. The second kappa shape index (κ2) is 41.7. The van der Waals surface area contributed by atoms with Crippen molar-refractivity contribution < 1.29 is 76.5 Å². The standard InChI is InChI=1S/C36H49N6O6.C32H42N8O5.C10H14O3/c1-7-46-34(43)29-16-28(6)21-42(22-29)25-41-14-12-39(23-30-17-26(4)19-32(37-30)35(44)47-8-2)10-11-40(13-15-41)24-31-18-27(5)20-33(38-31)36(45)48-9-3;1-22-13-26(35-28(15-22)30(41)34-5-4-33)19-37-6-7-38(20-27-14-23(2)16-29(36-27)32(44)45)9-11-39(10-8-37)21-40-17-24(3)12-25(18-40)31(42)43;1-7-9(12-3)5-8(11-2)6-10(7)13-4/h16-22H,7-15,23-25H2,1-6H3;12-18H,4-11,19-21,33H2,1-3H3,(H2-,34,41,42,43,44,45);5-6H,1-4H3/q+1;;/p-1. The molecule has 2 saturated heterocycles. The lowest BCUT2D eigenvalue weighted by molar-refractivity contribution is -0.716. The Morgan fingerprint density at radius 2 is 0.755 bits per heavy atom. The van der Waals surface area contributed by atoms with Crippen molar-refractivity contribution in [2.45, 2.75) is 109 Å². The molecule has 0 atom stereocenters. The molecular weight excluding hydrogens is 1360 g/mol. The minimum absolute atomic E-state index is 0.0890. The summed E-state index contributed by atoms with van der Waals surface area (Å²) < 4.78 is 35.0. The quantitative estimate of drug-likeness (QED) is 0.0441. The molecule has 28 nitrogen and oxygen atoms in total. The molecule has 2 aliphatic heterocycles. The van der Waals surface area contributed by atoms with E-state index in [1.165, 1.54) is 6.07 Å². The maximum atomic E-state index is 12.6. The van der Waals surface area contributed by atoms with E-state index in [-0.39, 0.29) is 23.1 Å². The van der Waals surface area contributed by atoms with Crippen LogP contribution in [0.2, 0.25) is 0 Å². The predicted octanol–water partition coefficient (Wildman–Crippen LogP) is 3.90. The fourth-order valence-electron chi connectivity index (χ4n) is 12.4. The van der Waals surface area contributed by atoms with Gasteiger partial charge in [-0.2, -0.15) is 9.13 Å². The molecule has 106 heavy (non-hydrogen) atoms. The van der Waals surface area contributed by atoms with E-state index in [2.05, 4.69) is 54.7 Å². The van der Waals surface area contributed by atoms with Crippen LogP contribution in [-0.2, 0) is 53.7 Å². The number of nitrogens with one attached hydrogen (secondary N) is 1. The maximum Gasteiger partial charge on any atom is 0.356 e. The van der Waals surface area contributed by atoms with Crippen LogP contribution in [-0.4, -0.2) is 218 Å². The summed E-state index contributed by atoms with van der Waals surface area (Å²) in [5, 5.41) is 25.9. The summed E-state index contributed by atoms with van der Waals surface area (Å²) in [6.07, 6.45) is 7.36. The zero-order valence-corrected chi connectivity index (χ0v) is 63.7. The number of nitrogens with zero attached hydrogens (tertiary/aromatic N) is 12. The van der Waals surface area contributed by atoms with Gasteiger partial charge in [0.15, 0.2) is 24.8 Å². The van der Waals surface area contributed by atoms with Crippen LogP contribution in [0.4, 0.5) is 0 Å². The third-order valence-corrected chi connectivity index (χ3v) is 17.4. The van der Waals surface area contributed by atoms with Crippen molar-refractivity contribution >= 4 is 35.8 Å². The van der Waals surface area contributed by atoms with Gasteiger partial charge in [-0.25, -0.2) is 39.1 Å². The van der Waals surface area contributed by atoms with Gasteiger partial charge in [-0.15, -0.1) is 0 Å². The lowest BCUT2D eigenvalue weighted by atomic mass is 10.2. The van der Waals surface area contributed by atoms with Crippen LogP contribution in [0.3, 0.4) is 0 Å². The molecule has 0 radical (unpaired) electrons. The summed E-state index contributed by atoms with van der Waals surface area (Å²) in [6.45, 7) is 32.3. The van der Waals surface area contributed by atoms with Gasteiger partial charge in [0.05, 0.1) is 87.1 Å². The number of nitrogens with two attached hydrogens (primary N) is 1. The average molecular weight is 1460 g/mol. The number of amides is 1. The van der Waals surface area contributed by atoms with Gasteiger partial charge in [-0.3, -0.25) is 29.4 Å². The fraction of sp³-hybridized carbons (Fsp3) is 0.462. The summed E-state index contributed by atoms with van der Waals surface area (Å²) >= 11 is 0. The minimum atomic E-state index is -1.31. The molecular formula is C78H104N14O14. The Morgan fingerprint density at radius 3 is 1.11 bits per heavy atom. The number of esters is 3. The van der Waals surface area contributed by atoms with Crippen LogP contribution in [0.1, 0.15) is 145 Å². The van der Waals surface area contributed by atoms with Gasteiger partial charge in [0.2, 0.25) is 13.3 Å². The maximum absolute atomic E-state index is 12.6. The first-order valence-electron chi connectivity index (χ1n) is 35.7. The van der Waals surface area contributed by atoms with Gasteiger partial charge in [0.25, 0.3) is 5.91 Å². The molecule has 0 saturated carbocycles. The molecule has 0 spiro atoms. The van der Waals surface area contributed by atoms with Crippen molar-refractivity contribution in [2.75, 3.05) is 133 Å². The second-order valence-corrected chi connectivity index (χ2v) is 26.4. The number of aromatic carboxylic acids is 2. The van der Waals surface area contributed by atoms with Gasteiger partial charge in [0, 0.05) is 147 Å². The van der Waals surface area contributed by atoms with Crippen LogP contribution in [0.15, 0.2) is 97.6 Å². The SMILES string of the molecule is CCOC(=O)c1cc(C)c[n+](CN2CCN(Cc3cc(C)cc(C(=O)OCC)n3)CCN(Cc3cc(C)cc(C(=O)OCC)n3)CC2)c1.COc1cc(OC)c(C)c(OC)c1.Cc1cc(CN2CCN(Cc3cc(C)cc(C(=O)NCCN)n3)CCN(C[n+]3cc(C)cc(C(=O)[O-])c3)CC2)nc(C(=O)[O-])c1. The van der Waals surface area contributed by atoms with Crippen molar-refractivity contribution in [3.8, 4) is 17.2 Å². The van der Waals surface area contributed by atoms with Crippen molar-refractivity contribution in [3.63, 3.8) is 0 Å². The van der Waals surface area contributed by atoms with E-state index in [1.807, 2.05) is 119 Å². The van der Waals surface area contributed by atoms with E-state index in [0.717, 1.165) is 113 Å². The van der Waals surface area contributed by atoms with Gasteiger partial charge >= 0.3 is 17.9 Å². The minimum Gasteiger partial charge on any atom is -0.545 e. The van der Waals surface area contributed by atoms with Gasteiger partial charge < -0.3 is 59.3 Å². The number of carbonyl (C=O) groups excluding carboxylic acids is 6. The van der Waals surface area contributed by atoms with Crippen molar-refractivity contribution in [1.29, 1.82) is 0 Å². The topological polar surface area (TPSA) is 321 Å². The molecule has 3 N–H and O–H groups in total. The molecule has 1 amide bonds. The number of pyridine rings is 6. The second-order valence-electron chi connectivity index (χ2n) is 26.4. The number of methoxy groups -OCH3 is 3. The van der Waals surface area contributed by atoms with Crippen molar-refractivity contribution in [3.05, 3.63) is 193 Å². The van der Waals surface area contributed by atoms with E-state index >= 15 is 0 Å². The zero-order chi connectivity index (χ0) is 77.0. The van der Waals surface area contributed by atoms with Gasteiger partial charge in [-0.1, -0.05) is 0 Å². The third kappa shape index (κ3) is 26.6. The van der Waals surface area contributed by atoms with E-state index in [0.29, 0.717) is 140 Å². The lowest BCUT2D eigenvalue weighted by Gasteiger charge is -2.26. The summed E-state index contributed by atoms with van der Waals surface area (Å²) in [5.41, 5.74) is 16.5. The van der Waals surface area contributed by atoms with Crippen molar-refractivity contribution in [2.24, 2.45) is 5.73 Å². The summed E-state index contributed by atoms with van der Waals surface area (Å²) in [7, 11) is 4.87. The summed E-state index contributed by atoms with van der Waals surface area (Å²) in [6, 6.07) is 21.7. The highest BCUT2D eigenvalue weighted by Crippen LogP contribution is 2.33. The predicted molar refractivity (Wildman–Crippen MR) is 392 cm³/mol. The number of hydrogen-bond acceptors (Lipinski definition) is 25. The molecule has 0 unspecified atom stereocenters. The highest BCUT2D eigenvalue weighted by Gasteiger charge is 2.26. The number of ether oxygens (including phenoxy) is 6. The third-order valence-electron chi connectivity index (χ3n) is 17.4. The molecule has 6 aromatic heterocycles. The van der Waals surface area contributed by atoms with E-state index in [1.54, 1.807) is 72.6 Å². The molecule has 2 aliphatic rings. The first-order valence-corrected chi connectivity index (χ1v) is 35.7. The number of aryl methyl sites for hydroxylation is 6. The number of aromatic nitrogens is 6. The number of rotatable bonds is 26. The largest absolute Gasteiger partial charge is 0.545 e. The van der Waals surface area contributed by atoms with Gasteiger partial charge in [0.1, 0.15) is 39.9 Å². The molecule has 8 heterocycles. The molecule has 570 valence electrons. The Kier molecular flexibility index (Phi) is 32.8. The summed E-state index contributed by atoms with van der Waals surface area (Å²) in [5.74, 6) is -1.69. The van der Waals surface area contributed by atoms with Crippen LogP contribution in [0.25, 0.3) is 0 Å². The molecule has 28 heteroatoms. The Morgan fingerprint density at radius 1 is 0.415 bits per heavy atom. The van der Waals surface area contributed by atoms with Gasteiger partial charge in [-0.05, 0) is 152 Å². The van der Waals surface area contributed by atoms with E-state index in [4.69, 9.17) is 34.2 Å². The number of carboxylic acid groups (broad SMARTS) is 2. The zero-order valence-electron chi connectivity index (χ0n) is 63.7. The molecule has 1 aromatic carbocycles. The average Bonchev–Trinajstić information content (AvgIpc) is 1.63. The number of benzene rings is 1. The number of hydrogen-bond donors (Lipinski definition) is 2. The van der Waals surface area contributed by atoms with Crippen LogP contribution in [0.5, 0.6) is 17.2 Å². The Hall–Kier alpha value is -9.94. The highest BCUT2D eigenvalue weighted by atomic mass is 16.5. The van der Waals surface area contributed by atoms with Crippen molar-refractivity contribution in [1.82, 2.24) is 54.7 Å². The lowest BCUT2D eigenvalue weighted by Crippen LogP contribution is -2.48. The Balaban J connectivity index is 0.000000253. The summed E-state index contributed by atoms with van der Waals surface area (Å²) in [4.78, 5) is 105. The van der Waals surface area contributed by atoms with E-state index < -0.39 is 23.9 Å². The fourth-order valence-corrected chi connectivity index (χ4v) is 12.4. The molecule has 0 aliphatic carbocycles. The number of carbonyl (C=O) groups is 6. The first-order chi connectivity index (χ1) is 50.8. The normalized spacial score (nSPS) is 14.4. The monoisotopic (exact) mass is 1460 g/mol. The van der Waals surface area contributed by atoms with Crippen LogP contribution in [0, 0.1) is 48.5 Å². The molecule has 7 aromatic rings. The number of carboxylic acids is 2. The molecule has 0 bridgehead atoms.